The summed E-state index contributed by atoms with van der Waals surface area (Å²) in [5.41, 5.74) is 5.20. The topological polar surface area (TPSA) is 79.7 Å². The third-order valence-corrected chi connectivity index (χ3v) is 7.87. The third kappa shape index (κ3) is 5.52. The molecule has 1 N–H and O–H groups in total. The molecule has 1 aliphatic carbocycles. The maximum Gasteiger partial charge on any atom is 0.252 e. The zero-order valence-corrected chi connectivity index (χ0v) is 22.4. The Labute approximate surface area is 218 Å². The molecule has 5 rings (SSSR count). The van der Waals surface area contributed by atoms with E-state index in [-0.39, 0.29) is 17.5 Å². The number of hydrogen-bond acceptors (Lipinski definition) is 5. The maximum atomic E-state index is 13.3. The van der Waals surface area contributed by atoms with Crippen molar-refractivity contribution in [3.05, 3.63) is 87.0 Å². The average molecular weight is 499 g/mol. The molecular weight excluding hydrogens is 460 g/mol. The van der Waals surface area contributed by atoms with E-state index in [0.717, 1.165) is 35.1 Å². The molecule has 1 atom stereocenters. The monoisotopic (exact) mass is 498 g/mol. The lowest BCUT2D eigenvalue weighted by molar-refractivity contribution is 0.121. The van der Waals surface area contributed by atoms with Gasteiger partial charge in [0, 0.05) is 24.2 Å². The lowest BCUT2D eigenvalue weighted by Crippen LogP contribution is -2.36. The normalized spacial score (nSPS) is 15.6. The Kier molecular flexibility index (Phi) is 7.51. The van der Waals surface area contributed by atoms with Crippen LogP contribution in [-0.4, -0.2) is 30.1 Å². The second-order valence-corrected chi connectivity index (χ2v) is 11.0. The van der Waals surface area contributed by atoms with Crippen LogP contribution in [0.3, 0.4) is 0 Å². The Bertz CT molecular complexity index is 1400. The summed E-state index contributed by atoms with van der Waals surface area (Å²) in [6.45, 7) is 9.84. The van der Waals surface area contributed by atoms with Crippen LogP contribution < -0.4 is 5.56 Å². The van der Waals surface area contributed by atoms with Gasteiger partial charge in [0.1, 0.15) is 0 Å². The fourth-order valence-corrected chi connectivity index (χ4v) is 5.79. The Morgan fingerprint density at radius 1 is 1.00 bits per heavy atom. The van der Waals surface area contributed by atoms with Crippen molar-refractivity contribution in [2.75, 3.05) is 0 Å². The molecule has 37 heavy (non-hydrogen) atoms. The SMILES string of the molecule is Cc1cc2cc(CN(Cc3ccccc3)[C@H](c3nnnn3C3CCCCC3)C(C)C)c(=O)[nH]c2cc1C. The number of pyridine rings is 1. The van der Waals surface area contributed by atoms with Crippen LogP contribution >= 0.6 is 0 Å². The lowest BCUT2D eigenvalue weighted by Gasteiger charge is -2.35. The van der Waals surface area contributed by atoms with E-state index in [0.29, 0.717) is 19.1 Å². The summed E-state index contributed by atoms with van der Waals surface area (Å²) in [5, 5.41) is 14.3. The van der Waals surface area contributed by atoms with Crippen LogP contribution in [0.1, 0.15) is 86.1 Å². The van der Waals surface area contributed by atoms with Crippen molar-refractivity contribution in [2.45, 2.75) is 85.0 Å². The fourth-order valence-electron chi connectivity index (χ4n) is 5.79. The number of rotatable bonds is 8. The van der Waals surface area contributed by atoms with Crippen molar-refractivity contribution in [3.63, 3.8) is 0 Å². The van der Waals surface area contributed by atoms with Crippen molar-refractivity contribution >= 4 is 10.9 Å². The largest absolute Gasteiger partial charge is 0.322 e. The lowest BCUT2D eigenvalue weighted by atomic mass is 9.94. The predicted octanol–water partition coefficient (Wildman–Crippen LogP) is 6.04. The van der Waals surface area contributed by atoms with E-state index >= 15 is 0 Å². The van der Waals surface area contributed by atoms with Crippen LogP contribution in [0.2, 0.25) is 0 Å². The summed E-state index contributed by atoms with van der Waals surface area (Å²) in [6, 6.07) is 17.0. The number of H-pyrrole nitrogens is 1. The molecule has 0 saturated heterocycles. The van der Waals surface area contributed by atoms with Crippen LogP contribution in [0, 0.1) is 19.8 Å². The van der Waals surface area contributed by atoms with Gasteiger partial charge in [-0.25, -0.2) is 4.68 Å². The molecular formula is C30H38N6O. The highest BCUT2D eigenvalue weighted by Crippen LogP contribution is 2.34. The molecule has 0 unspecified atom stereocenters. The summed E-state index contributed by atoms with van der Waals surface area (Å²) < 4.78 is 2.08. The minimum atomic E-state index is -0.0387. The van der Waals surface area contributed by atoms with Crippen LogP contribution in [0.25, 0.3) is 10.9 Å². The number of hydrogen-bond donors (Lipinski definition) is 1. The molecule has 0 spiro atoms. The standard InChI is InChI=1S/C30H38N6O/c1-20(2)28(29-32-33-34-36(29)26-13-9-6-10-14-26)35(18-23-11-7-5-8-12-23)19-25-17-24-15-21(3)22(4)16-27(24)31-30(25)37/h5,7-8,11-12,15-17,20,26,28H,6,9-10,13-14,18-19H2,1-4H3,(H,31,37)/t28-/m0/s1. The van der Waals surface area contributed by atoms with Gasteiger partial charge in [0.2, 0.25) is 0 Å². The van der Waals surface area contributed by atoms with Crippen molar-refractivity contribution in [1.82, 2.24) is 30.1 Å². The van der Waals surface area contributed by atoms with Gasteiger partial charge < -0.3 is 4.98 Å². The second kappa shape index (κ2) is 11.0. The van der Waals surface area contributed by atoms with E-state index in [1.165, 1.54) is 36.0 Å². The Balaban J connectivity index is 1.56. The average Bonchev–Trinajstić information content (AvgIpc) is 3.36. The summed E-state index contributed by atoms with van der Waals surface area (Å²) in [7, 11) is 0. The first kappa shape index (κ1) is 25.3. The van der Waals surface area contributed by atoms with Gasteiger partial charge in [-0.3, -0.25) is 9.69 Å². The van der Waals surface area contributed by atoms with Crippen molar-refractivity contribution in [2.24, 2.45) is 5.92 Å². The Morgan fingerprint density at radius 2 is 1.73 bits per heavy atom. The molecule has 7 nitrogen and oxygen atoms in total. The van der Waals surface area contributed by atoms with E-state index < -0.39 is 0 Å². The summed E-state index contributed by atoms with van der Waals surface area (Å²) in [6.07, 6.45) is 5.95. The molecule has 0 bridgehead atoms. The molecule has 0 radical (unpaired) electrons. The van der Waals surface area contributed by atoms with E-state index in [2.05, 4.69) is 100 Å². The van der Waals surface area contributed by atoms with E-state index in [9.17, 15) is 4.79 Å². The number of nitrogens with one attached hydrogen (secondary N) is 1. The number of fused-ring (bicyclic) bond motifs is 1. The molecule has 194 valence electrons. The molecule has 0 aliphatic heterocycles. The van der Waals surface area contributed by atoms with Gasteiger partial charge in [-0.2, -0.15) is 0 Å². The highest BCUT2D eigenvalue weighted by atomic mass is 16.1. The predicted molar refractivity (Wildman–Crippen MR) is 147 cm³/mol. The fraction of sp³-hybridized carbons (Fsp3) is 0.467. The summed E-state index contributed by atoms with van der Waals surface area (Å²) in [4.78, 5) is 18.8. The molecule has 1 saturated carbocycles. The molecule has 4 aromatic rings. The first-order chi connectivity index (χ1) is 17.9. The van der Waals surface area contributed by atoms with Gasteiger partial charge in [-0.1, -0.05) is 63.4 Å². The third-order valence-electron chi connectivity index (χ3n) is 7.87. The van der Waals surface area contributed by atoms with Crippen LogP contribution in [0.15, 0.2) is 53.3 Å². The molecule has 1 aliphatic rings. The van der Waals surface area contributed by atoms with Crippen LogP contribution in [-0.2, 0) is 13.1 Å². The maximum absolute atomic E-state index is 13.3. The Morgan fingerprint density at radius 3 is 2.46 bits per heavy atom. The molecule has 2 aromatic carbocycles. The van der Waals surface area contributed by atoms with E-state index in [1.54, 1.807) is 0 Å². The number of aromatic nitrogens is 5. The Hall–Kier alpha value is -3.32. The number of aromatic amines is 1. The van der Waals surface area contributed by atoms with Gasteiger partial charge in [-0.05, 0) is 83.3 Å². The van der Waals surface area contributed by atoms with Gasteiger partial charge >= 0.3 is 0 Å². The van der Waals surface area contributed by atoms with Crippen molar-refractivity contribution in [1.29, 1.82) is 0 Å². The number of nitrogens with zero attached hydrogens (tertiary/aromatic N) is 5. The zero-order chi connectivity index (χ0) is 25.9. The molecule has 1 fully saturated rings. The van der Waals surface area contributed by atoms with Crippen LogP contribution in [0.5, 0.6) is 0 Å². The first-order valence-corrected chi connectivity index (χ1v) is 13.6. The molecule has 7 heteroatoms. The van der Waals surface area contributed by atoms with Gasteiger partial charge in [0.25, 0.3) is 5.56 Å². The van der Waals surface area contributed by atoms with Crippen molar-refractivity contribution in [3.8, 4) is 0 Å². The molecule has 0 amide bonds. The second-order valence-electron chi connectivity index (χ2n) is 11.0. The van der Waals surface area contributed by atoms with E-state index in [4.69, 9.17) is 0 Å². The number of aryl methyl sites for hydroxylation is 2. The van der Waals surface area contributed by atoms with Crippen molar-refractivity contribution < 1.29 is 0 Å². The van der Waals surface area contributed by atoms with Gasteiger partial charge in [-0.15, -0.1) is 5.10 Å². The number of tetrazole rings is 1. The summed E-state index contributed by atoms with van der Waals surface area (Å²) in [5.74, 6) is 1.16. The smallest absolute Gasteiger partial charge is 0.252 e. The van der Waals surface area contributed by atoms with Gasteiger partial charge in [0.15, 0.2) is 5.82 Å². The highest BCUT2D eigenvalue weighted by molar-refractivity contribution is 5.80. The first-order valence-electron chi connectivity index (χ1n) is 13.6. The molecule has 2 heterocycles. The minimum Gasteiger partial charge on any atom is -0.322 e. The quantitative estimate of drug-likeness (QED) is 0.321. The minimum absolute atomic E-state index is 0.0352. The summed E-state index contributed by atoms with van der Waals surface area (Å²) >= 11 is 0. The zero-order valence-electron chi connectivity index (χ0n) is 22.4. The molecule has 2 aromatic heterocycles. The van der Waals surface area contributed by atoms with E-state index in [1.807, 2.05) is 6.07 Å². The number of benzene rings is 2. The highest BCUT2D eigenvalue weighted by Gasteiger charge is 2.32. The van der Waals surface area contributed by atoms with Gasteiger partial charge in [0.05, 0.1) is 12.1 Å². The van der Waals surface area contributed by atoms with Crippen LogP contribution in [0.4, 0.5) is 0 Å².